The molecule has 0 spiro atoms. The van der Waals surface area contributed by atoms with E-state index in [0.717, 1.165) is 0 Å². The number of benzene rings is 1. The van der Waals surface area contributed by atoms with Crippen LogP contribution < -0.4 is 0 Å². The maximum Gasteiger partial charge on any atom is 0.136 e. The second-order valence-corrected chi connectivity index (χ2v) is 4.39. The first kappa shape index (κ1) is 12.0. The monoisotopic (exact) mass is 268 g/mol. The molecule has 0 fully saturated rings. The molecule has 1 N–H and O–H groups in total. The van der Waals surface area contributed by atoms with Gasteiger partial charge in [-0.05, 0) is 18.2 Å². The fraction of sp³-hybridized carbons (Fsp3) is 0.0833. The van der Waals surface area contributed by atoms with Crippen molar-refractivity contribution in [1.82, 2.24) is 9.55 Å². The summed E-state index contributed by atoms with van der Waals surface area (Å²) in [6, 6.07) is 4.92. The molecule has 0 saturated heterocycles. The molecule has 0 aliphatic carbocycles. The van der Waals surface area contributed by atoms with E-state index < -0.39 is 0 Å². The van der Waals surface area contributed by atoms with Gasteiger partial charge in [0.05, 0.1) is 5.02 Å². The molecule has 17 heavy (non-hydrogen) atoms. The van der Waals surface area contributed by atoms with Crippen LogP contribution in [-0.4, -0.2) is 14.7 Å². The summed E-state index contributed by atoms with van der Waals surface area (Å²) in [5.41, 5.74) is 0.527. The van der Waals surface area contributed by atoms with Crippen molar-refractivity contribution in [2.75, 3.05) is 0 Å². The summed E-state index contributed by atoms with van der Waals surface area (Å²) in [5, 5.41) is 10.9. The highest BCUT2D eigenvalue weighted by molar-refractivity contribution is 6.35. The quantitative estimate of drug-likeness (QED) is 0.842. The van der Waals surface area contributed by atoms with Crippen LogP contribution in [0.3, 0.4) is 0 Å². The molecule has 1 aromatic carbocycles. The first-order chi connectivity index (χ1) is 8.08. The summed E-state index contributed by atoms with van der Waals surface area (Å²) in [6.45, 7) is 0. The maximum absolute atomic E-state index is 9.97. The largest absolute Gasteiger partial charge is 0.507 e. The Balaban J connectivity index is 2.40. The van der Waals surface area contributed by atoms with Crippen LogP contribution in [0.25, 0.3) is 11.8 Å². The number of aliphatic hydroxyl groups excluding tert-OH is 1. The molecule has 0 radical (unpaired) electrons. The molecule has 0 unspecified atom stereocenters. The van der Waals surface area contributed by atoms with Crippen molar-refractivity contribution in [3.63, 3.8) is 0 Å². The van der Waals surface area contributed by atoms with E-state index in [0.29, 0.717) is 21.4 Å². The van der Waals surface area contributed by atoms with Gasteiger partial charge in [0, 0.05) is 36.1 Å². The Morgan fingerprint density at radius 2 is 2.18 bits per heavy atom. The molecule has 2 rings (SSSR count). The smallest absolute Gasteiger partial charge is 0.136 e. The molecule has 88 valence electrons. The van der Waals surface area contributed by atoms with Gasteiger partial charge in [0.1, 0.15) is 11.6 Å². The summed E-state index contributed by atoms with van der Waals surface area (Å²) in [6.07, 6.45) is 5.00. The van der Waals surface area contributed by atoms with Gasteiger partial charge in [-0.25, -0.2) is 4.98 Å². The standard InChI is InChI=1S/C12H10Cl2N2O/c1-16-5-4-15-12(16)7-11(17)9-3-2-8(13)6-10(9)14/h2-7,17H,1H3/b11-7-. The van der Waals surface area contributed by atoms with E-state index in [9.17, 15) is 5.11 Å². The minimum absolute atomic E-state index is 0.0565. The third kappa shape index (κ3) is 2.62. The summed E-state index contributed by atoms with van der Waals surface area (Å²) in [7, 11) is 1.84. The Morgan fingerprint density at radius 1 is 1.41 bits per heavy atom. The van der Waals surface area contributed by atoms with Crippen LogP contribution in [0.2, 0.25) is 10.0 Å². The van der Waals surface area contributed by atoms with Gasteiger partial charge in [0.25, 0.3) is 0 Å². The molecular weight excluding hydrogens is 259 g/mol. The summed E-state index contributed by atoms with van der Waals surface area (Å²) >= 11 is 11.8. The van der Waals surface area contributed by atoms with Gasteiger partial charge in [-0.3, -0.25) is 0 Å². The number of aromatic nitrogens is 2. The van der Waals surface area contributed by atoms with Gasteiger partial charge < -0.3 is 9.67 Å². The fourth-order valence-electron chi connectivity index (χ4n) is 1.41. The predicted molar refractivity (Wildman–Crippen MR) is 70.2 cm³/mol. The minimum atomic E-state index is 0.0565. The Kier molecular flexibility index (Phi) is 3.41. The molecule has 0 amide bonds. The van der Waals surface area contributed by atoms with Gasteiger partial charge >= 0.3 is 0 Å². The van der Waals surface area contributed by atoms with Crippen LogP contribution in [0.1, 0.15) is 11.4 Å². The van der Waals surface area contributed by atoms with Crippen molar-refractivity contribution in [3.8, 4) is 0 Å². The second kappa shape index (κ2) is 4.82. The molecule has 0 aliphatic rings. The first-order valence-electron chi connectivity index (χ1n) is 4.91. The zero-order valence-corrected chi connectivity index (χ0v) is 10.6. The lowest BCUT2D eigenvalue weighted by atomic mass is 10.2. The van der Waals surface area contributed by atoms with Crippen molar-refractivity contribution in [1.29, 1.82) is 0 Å². The van der Waals surface area contributed by atoms with Crippen LogP contribution in [0.15, 0.2) is 30.6 Å². The maximum atomic E-state index is 9.97. The van der Waals surface area contributed by atoms with Crippen molar-refractivity contribution >= 4 is 35.0 Å². The van der Waals surface area contributed by atoms with E-state index in [-0.39, 0.29) is 5.76 Å². The van der Waals surface area contributed by atoms with Crippen LogP contribution in [0, 0.1) is 0 Å². The summed E-state index contributed by atoms with van der Waals surface area (Å²) < 4.78 is 1.79. The lowest BCUT2D eigenvalue weighted by Crippen LogP contribution is -1.92. The molecule has 0 bridgehead atoms. The van der Waals surface area contributed by atoms with Gasteiger partial charge in [0.15, 0.2) is 0 Å². The highest BCUT2D eigenvalue weighted by atomic mass is 35.5. The predicted octanol–water partition coefficient (Wildman–Crippen LogP) is 3.78. The Bertz CT molecular complexity index is 576. The number of aliphatic hydroxyl groups is 1. The normalized spacial score (nSPS) is 11.8. The average molecular weight is 269 g/mol. The minimum Gasteiger partial charge on any atom is -0.507 e. The topological polar surface area (TPSA) is 38.0 Å². The fourth-order valence-corrected chi connectivity index (χ4v) is 1.92. The molecule has 0 saturated carbocycles. The number of hydrogen-bond donors (Lipinski definition) is 1. The van der Waals surface area contributed by atoms with E-state index in [4.69, 9.17) is 23.2 Å². The third-order valence-corrected chi connectivity index (χ3v) is 2.88. The van der Waals surface area contributed by atoms with E-state index in [2.05, 4.69) is 4.98 Å². The van der Waals surface area contributed by atoms with Gasteiger partial charge in [-0.1, -0.05) is 23.2 Å². The lowest BCUT2D eigenvalue weighted by molar-refractivity contribution is 0.515. The summed E-state index contributed by atoms with van der Waals surface area (Å²) in [5.74, 6) is 0.703. The van der Waals surface area contributed by atoms with Gasteiger partial charge in [-0.2, -0.15) is 0 Å². The zero-order chi connectivity index (χ0) is 12.4. The van der Waals surface area contributed by atoms with Crippen LogP contribution in [-0.2, 0) is 7.05 Å². The van der Waals surface area contributed by atoms with Crippen molar-refractivity contribution < 1.29 is 5.11 Å². The lowest BCUT2D eigenvalue weighted by Gasteiger charge is -2.04. The van der Waals surface area contributed by atoms with Crippen LogP contribution >= 0.6 is 23.2 Å². The van der Waals surface area contributed by atoms with Crippen LogP contribution in [0.4, 0.5) is 0 Å². The highest BCUT2D eigenvalue weighted by Gasteiger charge is 2.07. The Hall–Kier alpha value is -1.45. The van der Waals surface area contributed by atoms with Crippen molar-refractivity contribution in [2.45, 2.75) is 0 Å². The molecule has 1 heterocycles. The number of hydrogen-bond acceptors (Lipinski definition) is 2. The van der Waals surface area contributed by atoms with E-state index in [1.807, 2.05) is 7.05 Å². The molecule has 0 atom stereocenters. The van der Waals surface area contributed by atoms with E-state index in [1.165, 1.54) is 0 Å². The zero-order valence-electron chi connectivity index (χ0n) is 9.06. The van der Waals surface area contributed by atoms with Crippen molar-refractivity contribution in [3.05, 3.63) is 52.0 Å². The molecule has 5 heteroatoms. The number of imidazole rings is 1. The third-order valence-electron chi connectivity index (χ3n) is 2.33. The molecule has 3 nitrogen and oxygen atoms in total. The number of aryl methyl sites for hydroxylation is 1. The molecule has 0 aliphatic heterocycles. The van der Waals surface area contributed by atoms with E-state index >= 15 is 0 Å². The number of halogens is 2. The van der Waals surface area contributed by atoms with E-state index in [1.54, 1.807) is 41.2 Å². The number of rotatable bonds is 2. The number of nitrogens with zero attached hydrogens (tertiary/aromatic N) is 2. The first-order valence-corrected chi connectivity index (χ1v) is 5.67. The van der Waals surface area contributed by atoms with Gasteiger partial charge in [-0.15, -0.1) is 0 Å². The highest BCUT2D eigenvalue weighted by Crippen LogP contribution is 2.26. The molecule has 1 aromatic heterocycles. The average Bonchev–Trinajstić information content (AvgIpc) is 2.64. The molecule has 2 aromatic rings. The SMILES string of the molecule is Cn1ccnc1/C=C(\O)c1ccc(Cl)cc1Cl. The molecular formula is C12H10Cl2N2O. The van der Waals surface area contributed by atoms with Crippen LogP contribution in [0.5, 0.6) is 0 Å². The van der Waals surface area contributed by atoms with Gasteiger partial charge in [0.2, 0.25) is 0 Å². The second-order valence-electron chi connectivity index (χ2n) is 3.55. The van der Waals surface area contributed by atoms with Crippen molar-refractivity contribution in [2.24, 2.45) is 7.05 Å². The Labute approximate surface area is 109 Å². The summed E-state index contributed by atoms with van der Waals surface area (Å²) in [4.78, 5) is 4.09. The Morgan fingerprint density at radius 3 is 2.76 bits per heavy atom.